The summed E-state index contributed by atoms with van der Waals surface area (Å²) in [5.74, 6) is -0.0431. The number of nitrogens with zero attached hydrogens (tertiary/aromatic N) is 1. The van der Waals surface area contributed by atoms with Gasteiger partial charge in [0.2, 0.25) is 0 Å². The molecule has 3 nitrogen and oxygen atoms in total. The van der Waals surface area contributed by atoms with Crippen LogP contribution in [0.5, 0.6) is 0 Å². The summed E-state index contributed by atoms with van der Waals surface area (Å²) in [6, 6.07) is 1.92. The second-order valence-electron chi connectivity index (χ2n) is 1.30. The molecule has 0 aromatic rings. The molecule has 0 aliphatic carbocycles. The molecule has 54 valence electrons. The Hall–Kier alpha value is -0.950. The Kier molecular flexibility index (Phi) is 5.59. The minimum absolute atomic E-state index is 0.355. The lowest BCUT2D eigenvalue weighted by Crippen LogP contribution is -1.92. The maximum absolute atomic E-state index is 10.4. The van der Waals surface area contributed by atoms with Crippen LogP contribution < -0.4 is 0 Å². The van der Waals surface area contributed by atoms with Gasteiger partial charge in [-0.3, -0.25) is 0 Å². The Morgan fingerprint density at radius 3 is 3.10 bits per heavy atom. The van der Waals surface area contributed by atoms with Gasteiger partial charge in [0.25, 0.3) is 0 Å². The molecule has 0 aromatic carbocycles. The van der Waals surface area contributed by atoms with Gasteiger partial charge in [0.1, 0.15) is 0 Å². The summed E-state index contributed by atoms with van der Waals surface area (Å²) >= 11 is 1.25. The molecule has 0 amide bonds. The van der Waals surface area contributed by atoms with E-state index in [0.717, 1.165) is 0 Å². The third kappa shape index (κ3) is 5.19. The van der Waals surface area contributed by atoms with E-state index < -0.39 is 5.97 Å². The fraction of sp³-hybridized carbons (Fsp3) is 0.333. The number of rotatable bonds is 3. The molecule has 0 bridgehead atoms. The van der Waals surface area contributed by atoms with E-state index in [9.17, 15) is 4.79 Å². The maximum Gasteiger partial charge on any atom is 0.330 e. The Morgan fingerprint density at radius 1 is 1.90 bits per heavy atom. The molecule has 10 heavy (non-hydrogen) atoms. The highest BCUT2D eigenvalue weighted by Gasteiger charge is 1.88. The van der Waals surface area contributed by atoms with E-state index in [1.54, 1.807) is 0 Å². The van der Waals surface area contributed by atoms with Gasteiger partial charge >= 0.3 is 5.97 Å². The molecule has 0 aliphatic heterocycles. The van der Waals surface area contributed by atoms with E-state index in [-0.39, 0.29) is 0 Å². The maximum atomic E-state index is 10.4. The van der Waals surface area contributed by atoms with Crippen LogP contribution in [0, 0.1) is 11.3 Å². The van der Waals surface area contributed by atoms with Gasteiger partial charge in [-0.2, -0.15) is 5.26 Å². The van der Waals surface area contributed by atoms with Crippen LogP contribution in [0.1, 0.15) is 0 Å². The van der Waals surface area contributed by atoms with Crippen LogP contribution in [0.3, 0.4) is 0 Å². The lowest BCUT2D eigenvalue weighted by Gasteiger charge is -1.86. The Bertz CT molecular complexity index is 171. The van der Waals surface area contributed by atoms with Gasteiger partial charge in [0, 0.05) is 6.08 Å². The predicted molar refractivity (Wildman–Crippen MR) is 39.2 cm³/mol. The summed E-state index contributed by atoms with van der Waals surface area (Å²) in [5.41, 5.74) is 0. The molecule has 4 heteroatoms. The summed E-state index contributed by atoms with van der Waals surface area (Å²) < 4.78 is 4.31. The van der Waals surface area contributed by atoms with Crippen molar-refractivity contribution in [2.24, 2.45) is 0 Å². The Labute approximate surface area is 63.7 Å². The van der Waals surface area contributed by atoms with Crippen molar-refractivity contribution in [3.63, 3.8) is 0 Å². The number of nitriles is 1. The first-order chi connectivity index (χ1) is 4.81. The highest BCUT2D eigenvalue weighted by Crippen LogP contribution is 1.99. The van der Waals surface area contributed by atoms with Crippen molar-refractivity contribution in [1.29, 1.82) is 5.26 Å². The molecule has 0 rings (SSSR count). The van der Waals surface area contributed by atoms with Crippen molar-refractivity contribution < 1.29 is 9.53 Å². The average molecular weight is 157 g/mol. The number of hydrogen-bond acceptors (Lipinski definition) is 4. The molecule has 0 atom stereocenters. The lowest BCUT2D eigenvalue weighted by molar-refractivity contribution is -0.134. The van der Waals surface area contributed by atoms with Crippen LogP contribution >= 0.6 is 11.8 Å². The Balaban J connectivity index is 3.38. The molecule has 0 unspecified atom stereocenters. The van der Waals surface area contributed by atoms with Crippen LogP contribution in [0.2, 0.25) is 0 Å². The van der Waals surface area contributed by atoms with E-state index in [4.69, 9.17) is 5.26 Å². The van der Waals surface area contributed by atoms with E-state index in [0.29, 0.717) is 5.75 Å². The fourth-order valence-electron chi connectivity index (χ4n) is 0.257. The second-order valence-corrected chi connectivity index (χ2v) is 2.19. The van der Waals surface area contributed by atoms with Gasteiger partial charge in [-0.25, -0.2) is 4.79 Å². The quantitative estimate of drug-likeness (QED) is 0.347. The van der Waals surface area contributed by atoms with Crippen molar-refractivity contribution in [2.45, 2.75) is 0 Å². The minimum Gasteiger partial charge on any atom is -0.466 e. The molecule has 0 saturated carbocycles. The number of carbonyl (C=O) groups excluding carboxylic acids is 1. The zero-order chi connectivity index (χ0) is 7.82. The van der Waals surface area contributed by atoms with E-state index in [1.807, 2.05) is 6.07 Å². The summed E-state index contributed by atoms with van der Waals surface area (Å²) in [5, 5.41) is 9.60. The van der Waals surface area contributed by atoms with E-state index in [1.165, 1.54) is 30.4 Å². The summed E-state index contributed by atoms with van der Waals surface area (Å²) in [7, 11) is 1.31. The second kappa shape index (κ2) is 6.17. The fourth-order valence-corrected chi connectivity index (χ4v) is 0.635. The summed E-state index contributed by atoms with van der Waals surface area (Å²) in [4.78, 5) is 10.4. The highest BCUT2D eigenvalue weighted by molar-refractivity contribution is 8.02. The molecule has 0 spiro atoms. The van der Waals surface area contributed by atoms with E-state index >= 15 is 0 Å². The number of thioether (sulfide) groups is 1. The van der Waals surface area contributed by atoms with Crippen LogP contribution in [0.25, 0.3) is 0 Å². The van der Waals surface area contributed by atoms with Gasteiger partial charge in [0.15, 0.2) is 0 Å². The lowest BCUT2D eigenvalue weighted by atomic mass is 10.7. The van der Waals surface area contributed by atoms with Crippen molar-refractivity contribution in [3.05, 3.63) is 11.5 Å². The van der Waals surface area contributed by atoms with Crippen molar-refractivity contribution in [2.75, 3.05) is 12.9 Å². The molecule has 0 saturated heterocycles. The smallest absolute Gasteiger partial charge is 0.330 e. The van der Waals surface area contributed by atoms with Crippen molar-refractivity contribution in [3.8, 4) is 6.07 Å². The standard InChI is InChI=1S/C6H7NO2S/c1-9-6(8)2-4-10-5-3-7/h2,4H,5H2,1H3. The van der Waals surface area contributed by atoms with Gasteiger partial charge in [-0.15, -0.1) is 11.8 Å². The monoisotopic (exact) mass is 157 g/mol. The normalized spacial score (nSPS) is 9.20. The number of carbonyl (C=O) groups is 1. The largest absolute Gasteiger partial charge is 0.466 e. The van der Waals surface area contributed by atoms with Crippen molar-refractivity contribution >= 4 is 17.7 Å². The topological polar surface area (TPSA) is 50.1 Å². The first-order valence-corrected chi connectivity index (χ1v) is 3.59. The average Bonchev–Trinajstić information content (AvgIpc) is 1.98. The van der Waals surface area contributed by atoms with Gasteiger partial charge in [-0.05, 0) is 5.41 Å². The third-order valence-corrected chi connectivity index (χ3v) is 1.27. The molecule has 0 aliphatic rings. The number of methoxy groups -OCH3 is 1. The third-order valence-electron chi connectivity index (χ3n) is 0.649. The van der Waals surface area contributed by atoms with Crippen LogP contribution in [0.4, 0.5) is 0 Å². The zero-order valence-corrected chi connectivity index (χ0v) is 6.35. The highest BCUT2D eigenvalue weighted by atomic mass is 32.2. The first kappa shape index (κ1) is 9.05. The summed E-state index contributed by atoms with van der Waals surface area (Å²) in [6.45, 7) is 0. The number of esters is 1. The minimum atomic E-state index is -0.398. The van der Waals surface area contributed by atoms with Crippen LogP contribution in [-0.4, -0.2) is 18.8 Å². The number of ether oxygens (including phenoxy) is 1. The molecule has 0 aromatic heterocycles. The number of hydrogen-bond donors (Lipinski definition) is 0. The van der Waals surface area contributed by atoms with Gasteiger partial charge in [-0.1, -0.05) is 0 Å². The molecular weight excluding hydrogens is 150 g/mol. The van der Waals surface area contributed by atoms with Gasteiger partial charge < -0.3 is 4.74 Å². The molecule has 0 N–H and O–H groups in total. The molecule has 0 radical (unpaired) electrons. The van der Waals surface area contributed by atoms with Crippen LogP contribution in [-0.2, 0) is 9.53 Å². The first-order valence-electron chi connectivity index (χ1n) is 2.54. The van der Waals surface area contributed by atoms with Gasteiger partial charge in [0.05, 0.1) is 18.9 Å². The van der Waals surface area contributed by atoms with Crippen LogP contribution in [0.15, 0.2) is 11.5 Å². The molecule has 0 heterocycles. The van der Waals surface area contributed by atoms with E-state index in [2.05, 4.69) is 4.74 Å². The predicted octanol–water partition coefficient (Wildman–Crippen LogP) is 0.930. The molecular formula is C6H7NO2S. The summed E-state index contributed by atoms with van der Waals surface area (Å²) in [6.07, 6.45) is 1.28. The Morgan fingerprint density at radius 2 is 2.60 bits per heavy atom. The van der Waals surface area contributed by atoms with Crippen molar-refractivity contribution in [1.82, 2.24) is 0 Å². The SMILES string of the molecule is COC(=O)C=CSCC#N. The zero-order valence-electron chi connectivity index (χ0n) is 5.53. The molecule has 0 fully saturated rings.